The minimum atomic E-state index is -3.70. The summed E-state index contributed by atoms with van der Waals surface area (Å²) in [6, 6.07) is 11.8. The van der Waals surface area contributed by atoms with Crippen LogP contribution >= 0.6 is 11.6 Å². The Morgan fingerprint density at radius 2 is 1.32 bits per heavy atom. The van der Waals surface area contributed by atoms with E-state index in [1.807, 2.05) is 0 Å². The molecule has 10 heteroatoms. The molecule has 38 heavy (non-hydrogen) atoms. The molecule has 2 aromatic carbocycles. The SMILES string of the molecule is CCOC(=O)CCCOc1ccc(OCCCC(=O)OCC)c2c1CC(Cl)C(S(=O)(=O)c1ccccc1)C2. The van der Waals surface area contributed by atoms with Crippen LogP contribution in [0.5, 0.6) is 11.5 Å². The summed E-state index contributed by atoms with van der Waals surface area (Å²) in [5, 5.41) is -1.52. The van der Waals surface area contributed by atoms with E-state index >= 15 is 0 Å². The number of hydrogen-bond donors (Lipinski definition) is 0. The molecule has 0 aliphatic heterocycles. The van der Waals surface area contributed by atoms with Crippen molar-refractivity contribution >= 4 is 33.4 Å². The Bertz CT molecular complexity index is 1180. The normalized spacial score (nSPS) is 16.8. The van der Waals surface area contributed by atoms with E-state index in [-0.39, 0.29) is 49.1 Å². The summed E-state index contributed by atoms with van der Waals surface area (Å²) in [6.45, 7) is 4.74. The average Bonchev–Trinajstić information content (AvgIpc) is 2.90. The Hall–Kier alpha value is -2.78. The van der Waals surface area contributed by atoms with Gasteiger partial charge in [0.1, 0.15) is 11.5 Å². The first-order valence-corrected chi connectivity index (χ1v) is 14.9. The first-order chi connectivity index (χ1) is 18.3. The fourth-order valence-corrected chi connectivity index (χ4v) is 6.78. The van der Waals surface area contributed by atoms with Crippen molar-refractivity contribution in [3.05, 3.63) is 53.6 Å². The second-order valence-corrected chi connectivity index (χ2v) is 11.6. The standard InChI is InChI=1S/C28H35ClO8S/c1-3-34-27(30)12-8-16-36-24-14-15-25(37-17-9-13-28(31)35-4-2)22-19-26(23(29)18-21(22)24)38(32,33)20-10-6-5-7-11-20/h5-7,10-11,14-15,23,26H,3-4,8-9,12-13,16-19H2,1-2H3. The highest BCUT2D eigenvalue weighted by Gasteiger charge is 2.40. The van der Waals surface area contributed by atoms with Gasteiger partial charge in [0.2, 0.25) is 0 Å². The molecule has 2 atom stereocenters. The molecule has 1 aliphatic rings. The molecule has 0 aromatic heterocycles. The summed E-state index contributed by atoms with van der Waals surface area (Å²) in [5.41, 5.74) is 1.52. The quantitative estimate of drug-likeness (QED) is 0.184. The number of ether oxygens (including phenoxy) is 4. The van der Waals surface area contributed by atoms with Gasteiger partial charge in [0.05, 0.1) is 42.0 Å². The largest absolute Gasteiger partial charge is 0.493 e. The molecule has 8 nitrogen and oxygen atoms in total. The molecule has 0 spiro atoms. The summed E-state index contributed by atoms with van der Waals surface area (Å²) in [7, 11) is -3.70. The maximum absolute atomic E-state index is 13.5. The molecule has 3 rings (SSSR count). The van der Waals surface area contributed by atoms with Crippen molar-refractivity contribution < 1.29 is 37.0 Å². The summed E-state index contributed by atoms with van der Waals surface area (Å²) in [6.07, 6.45) is 1.85. The first-order valence-electron chi connectivity index (χ1n) is 12.9. The van der Waals surface area contributed by atoms with Crippen molar-refractivity contribution in [2.45, 2.75) is 67.9 Å². The number of benzene rings is 2. The van der Waals surface area contributed by atoms with E-state index < -0.39 is 20.5 Å². The maximum atomic E-state index is 13.5. The van der Waals surface area contributed by atoms with Crippen LogP contribution in [-0.2, 0) is 41.7 Å². The Morgan fingerprint density at radius 1 is 0.816 bits per heavy atom. The number of esters is 2. The van der Waals surface area contributed by atoms with Crippen LogP contribution in [0.3, 0.4) is 0 Å². The molecule has 0 radical (unpaired) electrons. The van der Waals surface area contributed by atoms with Gasteiger partial charge in [-0.25, -0.2) is 8.42 Å². The molecule has 2 unspecified atom stereocenters. The van der Waals surface area contributed by atoms with Crippen molar-refractivity contribution in [1.29, 1.82) is 0 Å². The van der Waals surface area contributed by atoms with Crippen molar-refractivity contribution in [1.82, 2.24) is 0 Å². The first kappa shape index (κ1) is 29.8. The van der Waals surface area contributed by atoms with Crippen LogP contribution in [0.25, 0.3) is 0 Å². The molecule has 2 aromatic rings. The zero-order valence-corrected chi connectivity index (χ0v) is 23.4. The van der Waals surface area contributed by atoms with Gasteiger partial charge in [0.25, 0.3) is 0 Å². The van der Waals surface area contributed by atoms with Gasteiger partial charge in [-0.15, -0.1) is 11.6 Å². The van der Waals surface area contributed by atoms with E-state index in [4.69, 9.17) is 30.5 Å². The lowest BCUT2D eigenvalue weighted by atomic mass is 9.89. The summed E-state index contributed by atoms with van der Waals surface area (Å²) in [4.78, 5) is 23.5. The number of carbonyl (C=O) groups is 2. The molecular formula is C28H35ClO8S. The molecule has 0 fully saturated rings. The van der Waals surface area contributed by atoms with Crippen LogP contribution in [0.1, 0.15) is 50.7 Å². The summed E-state index contributed by atoms with van der Waals surface area (Å²) < 4.78 is 48.9. The summed E-state index contributed by atoms with van der Waals surface area (Å²) >= 11 is 6.71. The lowest BCUT2D eigenvalue weighted by Crippen LogP contribution is -2.38. The van der Waals surface area contributed by atoms with Crippen LogP contribution in [0.4, 0.5) is 0 Å². The van der Waals surface area contributed by atoms with Gasteiger partial charge in [-0.1, -0.05) is 18.2 Å². The van der Waals surface area contributed by atoms with Crippen LogP contribution in [0.15, 0.2) is 47.4 Å². The lowest BCUT2D eigenvalue weighted by molar-refractivity contribution is -0.144. The Labute approximate surface area is 229 Å². The van der Waals surface area contributed by atoms with E-state index in [0.29, 0.717) is 44.2 Å². The smallest absolute Gasteiger partial charge is 0.305 e. The van der Waals surface area contributed by atoms with E-state index in [2.05, 4.69) is 0 Å². The Kier molecular flexibility index (Phi) is 11.3. The molecule has 0 heterocycles. The number of halogens is 1. The third kappa shape index (κ3) is 7.86. The highest BCUT2D eigenvalue weighted by molar-refractivity contribution is 7.92. The van der Waals surface area contributed by atoms with Gasteiger partial charge in [0.15, 0.2) is 9.84 Å². The number of fused-ring (bicyclic) bond motifs is 1. The van der Waals surface area contributed by atoms with E-state index in [0.717, 1.165) is 11.1 Å². The van der Waals surface area contributed by atoms with Gasteiger partial charge < -0.3 is 18.9 Å². The van der Waals surface area contributed by atoms with Gasteiger partial charge in [-0.3, -0.25) is 9.59 Å². The fraction of sp³-hybridized carbons (Fsp3) is 0.500. The number of hydrogen-bond acceptors (Lipinski definition) is 8. The van der Waals surface area contributed by atoms with E-state index in [1.165, 1.54) is 0 Å². The van der Waals surface area contributed by atoms with Crippen LogP contribution in [0, 0.1) is 0 Å². The minimum absolute atomic E-state index is 0.161. The monoisotopic (exact) mass is 566 g/mol. The third-order valence-corrected chi connectivity index (χ3v) is 9.03. The van der Waals surface area contributed by atoms with Crippen LogP contribution < -0.4 is 9.47 Å². The average molecular weight is 567 g/mol. The zero-order chi connectivity index (χ0) is 27.5. The molecule has 0 N–H and O–H groups in total. The maximum Gasteiger partial charge on any atom is 0.305 e. The van der Waals surface area contributed by atoms with E-state index in [1.54, 1.807) is 56.3 Å². The van der Waals surface area contributed by atoms with Crippen molar-refractivity contribution in [3.63, 3.8) is 0 Å². The number of carbonyl (C=O) groups excluding carboxylic acids is 2. The highest BCUT2D eigenvalue weighted by atomic mass is 35.5. The molecule has 208 valence electrons. The summed E-state index contributed by atoms with van der Waals surface area (Å²) in [5.74, 6) is 0.562. The molecule has 0 saturated carbocycles. The molecule has 0 bridgehead atoms. The number of rotatable bonds is 14. The number of alkyl halides is 1. The molecule has 0 amide bonds. The van der Waals surface area contributed by atoms with Crippen LogP contribution in [-0.4, -0.2) is 57.4 Å². The lowest BCUT2D eigenvalue weighted by Gasteiger charge is -2.31. The zero-order valence-electron chi connectivity index (χ0n) is 21.8. The topological polar surface area (TPSA) is 105 Å². The minimum Gasteiger partial charge on any atom is -0.493 e. The van der Waals surface area contributed by atoms with E-state index in [9.17, 15) is 18.0 Å². The van der Waals surface area contributed by atoms with Crippen molar-refractivity contribution in [2.24, 2.45) is 0 Å². The molecule has 1 aliphatic carbocycles. The second kappa shape index (κ2) is 14.4. The molecular weight excluding hydrogens is 532 g/mol. The Balaban J connectivity index is 1.81. The number of sulfone groups is 1. The third-order valence-electron chi connectivity index (χ3n) is 6.20. The predicted molar refractivity (Wildman–Crippen MR) is 144 cm³/mol. The second-order valence-electron chi connectivity index (χ2n) is 8.85. The van der Waals surface area contributed by atoms with Gasteiger partial charge in [-0.05, 0) is 63.8 Å². The van der Waals surface area contributed by atoms with Gasteiger partial charge in [-0.2, -0.15) is 0 Å². The predicted octanol–water partition coefficient (Wildman–Crippen LogP) is 4.68. The van der Waals surface area contributed by atoms with Crippen LogP contribution in [0.2, 0.25) is 0 Å². The Morgan fingerprint density at radius 3 is 1.82 bits per heavy atom. The van der Waals surface area contributed by atoms with Crippen molar-refractivity contribution in [2.75, 3.05) is 26.4 Å². The molecule has 0 saturated heterocycles. The highest BCUT2D eigenvalue weighted by Crippen LogP contribution is 2.41. The van der Waals surface area contributed by atoms with Crippen molar-refractivity contribution in [3.8, 4) is 11.5 Å². The fourth-order valence-electron chi connectivity index (χ4n) is 4.38. The van der Waals surface area contributed by atoms with Gasteiger partial charge >= 0.3 is 11.9 Å². The van der Waals surface area contributed by atoms with Gasteiger partial charge in [0, 0.05) is 24.0 Å².